The fraction of sp³-hybridized carbons (Fsp3) is 0.273. The zero-order chi connectivity index (χ0) is 20.9. The molecular weight excluding hydrogens is 400 g/mol. The standard InChI is InChI=1S/C22H22N4O3S/c1-2-15-8-10-17(11-9-15)26-13-16(12-20(26)28)21-24-25-22(30-21)23-19(27)14-29-18-6-4-3-5-7-18/h3-11,16H,2,12-14H2,1H3,(H,23,25,27). The molecule has 8 heteroatoms. The SMILES string of the molecule is CCc1ccc(N2CC(c3nnc(NC(=O)COc4ccccc4)s3)CC2=O)cc1. The van der Waals surface area contributed by atoms with Crippen molar-refractivity contribution < 1.29 is 14.3 Å². The summed E-state index contributed by atoms with van der Waals surface area (Å²) in [5.41, 5.74) is 2.14. The number of nitrogens with one attached hydrogen (secondary N) is 1. The van der Waals surface area contributed by atoms with E-state index in [4.69, 9.17) is 4.74 Å². The van der Waals surface area contributed by atoms with E-state index in [0.29, 0.717) is 23.8 Å². The molecule has 2 aromatic carbocycles. The van der Waals surface area contributed by atoms with Gasteiger partial charge in [-0.1, -0.05) is 48.6 Å². The van der Waals surface area contributed by atoms with Crippen LogP contribution in [0.15, 0.2) is 54.6 Å². The second-order valence-corrected chi connectivity index (χ2v) is 8.03. The Morgan fingerprint density at radius 1 is 1.17 bits per heavy atom. The lowest BCUT2D eigenvalue weighted by molar-refractivity contribution is -0.118. The van der Waals surface area contributed by atoms with Crippen LogP contribution in [0.4, 0.5) is 10.8 Å². The number of aromatic nitrogens is 2. The van der Waals surface area contributed by atoms with Gasteiger partial charge in [0.2, 0.25) is 11.0 Å². The summed E-state index contributed by atoms with van der Waals surface area (Å²) in [6.45, 7) is 2.55. The summed E-state index contributed by atoms with van der Waals surface area (Å²) in [6.07, 6.45) is 1.35. The molecule has 7 nitrogen and oxygen atoms in total. The fourth-order valence-corrected chi connectivity index (χ4v) is 4.16. The number of nitrogens with zero attached hydrogens (tertiary/aromatic N) is 3. The molecule has 1 aliphatic rings. The van der Waals surface area contributed by atoms with Crippen molar-refractivity contribution in [3.63, 3.8) is 0 Å². The molecular formula is C22H22N4O3S. The highest BCUT2D eigenvalue weighted by Gasteiger charge is 2.34. The summed E-state index contributed by atoms with van der Waals surface area (Å²) < 4.78 is 5.43. The molecule has 0 saturated carbocycles. The van der Waals surface area contributed by atoms with Gasteiger partial charge < -0.3 is 9.64 Å². The van der Waals surface area contributed by atoms with Crippen molar-refractivity contribution in [2.24, 2.45) is 0 Å². The lowest BCUT2D eigenvalue weighted by Gasteiger charge is -2.16. The number of aryl methyl sites for hydroxylation is 1. The smallest absolute Gasteiger partial charge is 0.264 e. The van der Waals surface area contributed by atoms with Crippen LogP contribution in [0, 0.1) is 0 Å². The number of rotatable bonds is 7. The first-order valence-electron chi connectivity index (χ1n) is 9.82. The third kappa shape index (κ3) is 4.65. The average molecular weight is 423 g/mol. The van der Waals surface area contributed by atoms with Gasteiger partial charge in [-0.3, -0.25) is 14.9 Å². The van der Waals surface area contributed by atoms with Crippen LogP contribution >= 0.6 is 11.3 Å². The van der Waals surface area contributed by atoms with Gasteiger partial charge in [0, 0.05) is 24.6 Å². The lowest BCUT2D eigenvalue weighted by atomic mass is 10.1. The Balaban J connectivity index is 1.34. The number of para-hydroxylation sites is 1. The molecule has 1 aliphatic heterocycles. The maximum Gasteiger partial charge on any atom is 0.264 e. The predicted octanol–water partition coefficient (Wildman–Crippen LogP) is 3.64. The largest absolute Gasteiger partial charge is 0.484 e. The van der Waals surface area contributed by atoms with Gasteiger partial charge in [0.1, 0.15) is 10.8 Å². The molecule has 1 fully saturated rings. The molecule has 2 amide bonds. The quantitative estimate of drug-likeness (QED) is 0.628. The molecule has 0 radical (unpaired) electrons. The Hall–Kier alpha value is -3.26. The minimum Gasteiger partial charge on any atom is -0.484 e. The van der Waals surface area contributed by atoms with Crippen molar-refractivity contribution in [2.45, 2.75) is 25.7 Å². The van der Waals surface area contributed by atoms with Crippen LogP contribution in [0.25, 0.3) is 0 Å². The van der Waals surface area contributed by atoms with Gasteiger partial charge >= 0.3 is 0 Å². The van der Waals surface area contributed by atoms with Gasteiger partial charge in [-0.25, -0.2) is 0 Å². The number of anilines is 2. The summed E-state index contributed by atoms with van der Waals surface area (Å²) in [5.74, 6) is 0.359. The van der Waals surface area contributed by atoms with Gasteiger partial charge in [-0.2, -0.15) is 0 Å². The van der Waals surface area contributed by atoms with Gasteiger partial charge in [-0.15, -0.1) is 10.2 Å². The Kier molecular flexibility index (Phi) is 6.04. The lowest BCUT2D eigenvalue weighted by Crippen LogP contribution is -2.24. The zero-order valence-electron chi connectivity index (χ0n) is 16.6. The number of hydrogen-bond donors (Lipinski definition) is 1. The van der Waals surface area contributed by atoms with Crippen molar-refractivity contribution in [2.75, 3.05) is 23.4 Å². The predicted molar refractivity (Wildman–Crippen MR) is 116 cm³/mol. The second-order valence-electron chi connectivity index (χ2n) is 7.02. The molecule has 0 aliphatic carbocycles. The van der Waals surface area contributed by atoms with E-state index in [0.717, 1.165) is 17.1 Å². The van der Waals surface area contributed by atoms with E-state index in [9.17, 15) is 9.59 Å². The van der Waals surface area contributed by atoms with Crippen LogP contribution < -0.4 is 15.0 Å². The summed E-state index contributed by atoms with van der Waals surface area (Å²) in [4.78, 5) is 26.4. The highest BCUT2D eigenvalue weighted by atomic mass is 32.1. The summed E-state index contributed by atoms with van der Waals surface area (Å²) in [7, 11) is 0. The average Bonchev–Trinajstić information content (AvgIpc) is 3.39. The fourth-order valence-electron chi connectivity index (χ4n) is 3.31. The Morgan fingerprint density at radius 3 is 2.67 bits per heavy atom. The first kappa shape index (κ1) is 20.0. The van der Waals surface area contributed by atoms with Crippen LogP contribution in [0.3, 0.4) is 0 Å². The van der Waals surface area contributed by atoms with Crippen molar-refractivity contribution in [1.29, 1.82) is 0 Å². The molecule has 1 N–H and O–H groups in total. The van der Waals surface area contributed by atoms with Crippen LogP contribution in [-0.2, 0) is 16.0 Å². The number of hydrogen-bond acceptors (Lipinski definition) is 6. The summed E-state index contributed by atoms with van der Waals surface area (Å²) in [6, 6.07) is 17.2. The molecule has 3 aromatic rings. The van der Waals surface area contributed by atoms with E-state index in [-0.39, 0.29) is 24.3 Å². The third-order valence-corrected chi connectivity index (χ3v) is 5.93. The Labute approximate surface area is 178 Å². The van der Waals surface area contributed by atoms with Crippen molar-refractivity contribution in [1.82, 2.24) is 10.2 Å². The van der Waals surface area contributed by atoms with Gasteiger partial charge in [0.05, 0.1) is 0 Å². The second kappa shape index (κ2) is 9.04. The van der Waals surface area contributed by atoms with Crippen LogP contribution in [0.2, 0.25) is 0 Å². The van der Waals surface area contributed by atoms with Crippen LogP contribution in [-0.4, -0.2) is 35.2 Å². The first-order valence-corrected chi connectivity index (χ1v) is 10.6. The molecule has 1 unspecified atom stereocenters. The summed E-state index contributed by atoms with van der Waals surface area (Å²) in [5, 5.41) is 12.1. The van der Waals surface area contributed by atoms with Crippen LogP contribution in [0.1, 0.15) is 29.8 Å². The Morgan fingerprint density at radius 2 is 1.93 bits per heavy atom. The number of carbonyl (C=O) groups excluding carboxylic acids is 2. The molecule has 4 rings (SSSR count). The highest BCUT2D eigenvalue weighted by Crippen LogP contribution is 2.34. The molecule has 1 saturated heterocycles. The third-order valence-electron chi connectivity index (χ3n) is 4.93. The van der Waals surface area contributed by atoms with Crippen LogP contribution in [0.5, 0.6) is 5.75 Å². The van der Waals surface area contributed by atoms with E-state index >= 15 is 0 Å². The van der Waals surface area contributed by atoms with Crippen molar-refractivity contribution >= 4 is 34.0 Å². The zero-order valence-corrected chi connectivity index (χ0v) is 17.4. The van der Waals surface area contributed by atoms with Gasteiger partial charge in [-0.05, 0) is 36.2 Å². The molecule has 154 valence electrons. The van der Waals surface area contributed by atoms with Gasteiger partial charge in [0.25, 0.3) is 5.91 Å². The molecule has 1 atom stereocenters. The minimum absolute atomic E-state index is 0.0351. The molecule has 0 bridgehead atoms. The maximum atomic E-state index is 12.5. The molecule has 2 heterocycles. The number of carbonyl (C=O) groups is 2. The van der Waals surface area contributed by atoms with E-state index in [1.54, 1.807) is 17.0 Å². The minimum atomic E-state index is -0.304. The first-order chi connectivity index (χ1) is 14.6. The monoisotopic (exact) mass is 422 g/mol. The normalized spacial score (nSPS) is 16.0. The van der Waals surface area contributed by atoms with E-state index in [1.807, 2.05) is 42.5 Å². The summed E-state index contributed by atoms with van der Waals surface area (Å²) >= 11 is 1.30. The molecule has 1 aromatic heterocycles. The number of benzene rings is 2. The number of ether oxygens (including phenoxy) is 1. The Bertz CT molecular complexity index is 1020. The maximum absolute atomic E-state index is 12.5. The topological polar surface area (TPSA) is 84.4 Å². The van der Waals surface area contributed by atoms with E-state index in [2.05, 4.69) is 22.4 Å². The highest BCUT2D eigenvalue weighted by molar-refractivity contribution is 7.15. The van der Waals surface area contributed by atoms with Crippen molar-refractivity contribution in [3.8, 4) is 5.75 Å². The number of amides is 2. The molecule has 0 spiro atoms. The van der Waals surface area contributed by atoms with Crippen molar-refractivity contribution in [3.05, 3.63) is 65.2 Å². The van der Waals surface area contributed by atoms with Gasteiger partial charge in [0.15, 0.2) is 6.61 Å². The molecule has 30 heavy (non-hydrogen) atoms. The van der Waals surface area contributed by atoms with E-state index < -0.39 is 0 Å². The van der Waals surface area contributed by atoms with E-state index in [1.165, 1.54) is 16.9 Å².